The van der Waals surface area contributed by atoms with Gasteiger partial charge in [0, 0.05) is 18.3 Å². The number of benzene rings is 2. The zero-order valence-corrected chi connectivity index (χ0v) is 14.3. The molecule has 1 heterocycles. The average Bonchev–Trinajstić information content (AvgIpc) is 3.10. The highest BCUT2D eigenvalue weighted by Gasteiger charge is 2.20. The van der Waals surface area contributed by atoms with E-state index in [-0.39, 0.29) is 11.9 Å². The van der Waals surface area contributed by atoms with Crippen molar-refractivity contribution in [2.24, 2.45) is 0 Å². The van der Waals surface area contributed by atoms with Crippen molar-refractivity contribution in [3.8, 4) is 5.69 Å². The van der Waals surface area contributed by atoms with Gasteiger partial charge in [0.15, 0.2) is 0 Å². The molecule has 0 spiro atoms. The van der Waals surface area contributed by atoms with E-state index >= 15 is 0 Å². The minimum absolute atomic E-state index is 0.0790. The first-order chi connectivity index (χ1) is 11.6. The SMILES string of the molecule is CC(c1cccc(Cl)c1)N(C)C(=O)c1cnn(-c2ccccc2)c1. The molecule has 0 aliphatic carbocycles. The maximum Gasteiger partial charge on any atom is 0.257 e. The smallest absolute Gasteiger partial charge is 0.257 e. The molecular weight excluding hydrogens is 322 g/mol. The summed E-state index contributed by atoms with van der Waals surface area (Å²) in [4.78, 5) is 14.4. The summed E-state index contributed by atoms with van der Waals surface area (Å²) < 4.78 is 1.70. The molecule has 0 aliphatic heterocycles. The number of hydrogen-bond donors (Lipinski definition) is 0. The standard InChI is InChI=1S/C19H18ClN3O/c1-14(15-7-6-8-17(20)11-15)22(2)19(24)16-12-21-23(13-16)18-9-4-3-5-10-18/h3-14H,1-2H3. The van der Waals surface area contributed by atoms with Crippen molar-refractivity contribution >= 4 is 17.5 Å². The molecule has 0 saturated heterocycles. The van der Waals surface area contributed by atoms with Gasteiger partial charge in [-0.2, -0.15) is 5.10 Å². The fourth-order valence-corrected chi connectivity index (χ4v) is 2.72. The van der Waals surface area contributed by atoms with Crippen molar-refractivity contribution in [2.75, 3.05) is 7.05 Å². The summed E-state index contributed by atoms with van der Waals surface area (Å²) in [6.07, 6.45) is 3.34. The van der Waals surface area contributed by atoms with Gasteiger partial charge in [0.05, 0.1) is 23.5 Å². The molecule has 3 rings (SSSR count). The van der Waals surface area contributed by atoms with Crippen molar-refractivity contribution in [2.45, 2.75) is 13.0 Å². The van der Waals surface area contributed by atoms with Crippen molar-refractivity contribution in [1.82, 2.24) is 14.7 Å². The first kappa shape index (κ1) is 16.3. The summed E-state index contributed by atoms with van der Waals surface area (Å²) in [6.45, 7) is 1.98. The third kappa shape index (κ3) is 3.34. The van der Waals surface area contributed by atoms with Crippen molar-refractivity contribution in [1.29, 1.82) is 0 Å². The molecule has 0 fully saturated rings. The van der Waals surface area contributed by atoms with Crippen LogP contribution in [-0.4, -0.2) is 27.6 Å². The van der Waals surface area contributed by atoms with Gasteiger partial charge in [-0.05, 0) is 36.8 Å². The number of halogens is 1. The number of carbonyl (C=O) groups excluding carboxylic acids is 1. The number of aromatic nitrogens is 2. The maximum atomic E-state index is 12.7. The lowest BCUT2D eigenvalue weighted by Gasteiger charge is -2.25. The maximum absolute atomic E-state index is 12.7. The molecule has 0 saturated carbocycles. The Kier molecular flexibility index (Phi) is 4.67. The van der Waals surface area contributed by atoms with E-state index in [2.05, 4.69) is 5.10 Å². The Bertz CT molecular complexity index is 845. The minimum Gasteiger partial charge on any atom is -0.335 e. The Balaban J connectivity index is 1.80. The molecule has 1 amide bonds. The molecule has 0 N–H and O–H groups in total. The third-order valence-electron chi connectivity index (χ3n) is 4.08. The van der Waals surface area contributed by atoms with E-state index in [1.54, 1.807) is 29.0 Å². The number of nitrogens with zero attached hydrogens (tertiary/aromatic N) is 3. The van der Waals surface area contributed by atoms with Gasteiger partial charge in [-0.15, -0.1) is 0 Å². The summed E-state index contributed by atoms with van der Waals surface area (Å²) in [7, 11) is 1.79. The highest BCUT2D eigenvalue weighted by Crippen LogP contribution is 2.23. The highest BCUT2D eigenvalue weighted by atomic mass is 35.5. The van der Waals surface area contributed by atoms with Crippen LogP contribution in [0, 0.1) is 0 Å². The van der Waals surface area contributed by atoms with E-state index in [0.29, 0.717) is 10.6 Å². The topological polar surface area (TPSA) is 38.1 Å². The Labute approximate surface area is 146 Å². The van der Waals surface area contributed by atoms with Crippen LogP contribution in [0.5, 0.6) is 0 Å². The number of hydrogen-bond acceptors (Lipinski definition) is 2. The zero-order valence-electron chi connectivity index (χ0n) is 13.6. The van der Waals surface area contributed by atoms with Crippen LogP contribution in [-0.2, 0) is 0 Å². The first-order valence-corrected chi connectivity index (χ1v) is 8.07. The second-order valence-electron chi connectivity index (χ2n) is 5.66. The van der Waals surface area contributed by atoms with E-state index in [1.165, 1.54) is 0 Å². The number of amides is 1. The summed E-state index contributed by atoms with van der Waals surface area (Å²) in [6, 6.07) is 17.2. The predicted molar refractivity (Wildman–Crippen MR) is 95.5 cm³/mol. The monoisotopic (exact) mass is 339 g/mol. The third-order valence-corrected chi connectivity index (χ3v) is 4.32. The molecular formula is C19H18ClN3O. The molecule has 2 aromatic carbocycles. The van der Waals surface area contributed by atoms with Crippen molar-refractivity contribution in [3.63, 3.8) is 0 Å². The van der Waals surface area contributed by atoms with Crippen LogP contribution in [0.3, 0.4) is 0 Å². The van der Waals surface area contributed by atoms with E-state index in [4.69, 9.17) is 11.6 Å². The molecule has 1 aromatic heterocycles. The fraction of sp³-hybridized carbons (Fsp3) is 0.158. The summed E-state index contributed by atoms with van der Waals surface area (Å²) in [5.74, 6) is -0.0790. The van der Waals surface area contributed by atoms with Crippen LogP contribution in [0.25, 0.3) is 5.69 Å². The molecule has 0 bridgehead atoms. The molecule has 3 aromatic rings. The van der Waals surface area contributed by atoms with Gasteiger partial charge < -0.3 is 4.90 Å². The summed E-state index contributed by atoms with van der Waals surface area (Å²) >= 11 is 6.04. The fourth-order valence-electron chi connectivity index (χ4n) is 2.52. The Morgan fingerprint density at radius 3 is 2.62 bits per heavy atom. The normalized spacial score (nSPS) is 12.0. The molecule has 1 unspecified atom stereocenters. The van der Waals surface area contributed by atoms with Gasteiger partial charge in [0.2, 0.25) is 0 Å². The Morgan fingerprint density at radius 1 is 1.17 bits per heavy atom. The second kappa shape index (κ2) is 6.89. The van der Waals surface area contributed by atoms with E-state index in [1.807, 2.05) is 61.5 Å². The van der Waals surface area contributed by atoms with Crippen LogP contribution < -0.4 is 0 Å². The van der Waals surface area contributed by atoms with Crippen LogP contribution >= 0.6 is 11.6 Å². The van der Waals surface area contributed by atoms with Gasteiger partial charge in [0.1, 0.15) is 0 Å². The lowest BCUT2D eigenvalue weighted by molar-refractivity contribution is 0.0742. The number of rotatable bonds is 4. The van der Waals surface area contributed by atoms with Gasteiger partial charge in [-0.25, -0.2) is 4.68 Å². The first-order valence-electron chi connectivity index (χ1n) is 7.69. The van der Waals surface area contributed by atoms with Crippen LogP contribution in [0.2, 0.25) is 5.02 Å². The molecule has 1 atom stereocenters. The minimum atomic E-state index is -0.0868. The lowest BCUT2D eigenvalue weighted by atomic mass is 10.1. The molecule has 122 valence electrons. The van der Waals surface area contributed by atoms with Crippen molar-refractivity contribution in [3.05, 3.63) is 83.1 Å². The van der Waals surface area contributed by atoms with E-state index < -0.39 is 0 Å². The largest absolute Gasteiger partial charge is 0.335 e. The molecule has 24 heavy (non-hydrogen) atoms. The van der Waals surface area contributed by atoms with Gasteiger partial charge in [-0.3, -0.25) is 4.79 Å². The second-order valence-corrected chi connectivity index (χ2v) is 6.09. The van der Waals surface area contributed by atoms with Crippen LogP contribution in [0.1, 0.15) is 28.9 Å². The van der Waals surface area contributed by atoms with Crippen LogP contribution in [0.4, 0.5) is 0 Å². The average molecular weight is 340 g/mol. The molecule has 0 aliphatic rings. The highest BCUT2D eigenvalue weighted by molar-refractivity contribution is 6.30. The van der Waals surface area contributed by atoms with Gasteiger partial charge in [0.25, 0.3) is 5.91 Å². The molecule has 5 heteroatoms. The number of para-hydroxylation sites is 1. The summed E-state index contributed by atoms with van der Waals surface area (Å²) in [5, 5.41) is 4.95. The Morgan fingerprint density at radius 2 is 1.92 bits per heavy atom. The van der Waals surface area contributed by atoms with E-state index in [9.17, 15) is 4.79 Å². The molecule has 4 nitrogen and oxygen atoms in total. The van der Waals surface area contributed by atoms with E-state index in [0.717, 1.165) is 11.3 Å². The Hall–Kier alpha value is -2.59. The van der Waals surface area contributed by atoms with Gasteiger partial charge in [-0.1, -0.05) is 41.9 Å². The van der Waals surface area contributed by atoms with Crippen LogP contribution in [0.15, 0.2) is 67.0 Å². The zero-order chi connectivity index (χ0) is 17.1. The van der Waals surface area contributed by atoms with Crippen molar-refractivity contribution < 1.29 is 4.79 Å². The molecule has 0 radical (unpaired) electrons. The number of carbonyl (C=O) groups is 1. The lowest BCUT2D eigenvalue weighted by Crippen LogP contribution is -2.29. The predicted octanol–water partition coefficient (Wildman–Crippen LogP) is 4.36. The quantitative estimate of drug-likeness (QED) is 0.708. The summed E-state index contributed by atoms with van der Waals surface area (Å²) in [5.41, 5.74) is 2.46. The van der Waals surface area contributed by atoms with Gasteiger partial charge >= 0.3 is 0 Å².